The highest BCUT2D eigenvalue weighted by molar-refractivity contribution is 5.72. The van der Waals surface area contributed by atoms with E-state index < -0.39 is 5.97 Å². The number of methoxy groups -OCH3 is 1. The lowest BCUT2D eigenvalue weighted by Gasteiger charge is -2.16. The van der Waals surface area contributed by atoms with E-state index >= 15 is 0 Å². The first-order chi connectivity index (χ1) is 10.2. The Balaban J connectivity index is 2.66. The zero-order valence-electron chi connectivity index (χ0n) is 13.1. The summed E-state index contributed by atoms with van der Waals surface area (Å²) in [5.74, 6) is -0.385. The van der Waals surface area contributed by atoms with Gasteiger partial charge in [-0.15, -0.1) is 0 Å². The summed E-state index contributed by atoms with van der Waals surface area (Å²) in [6, 6.07) is 6.48. The maximum atomic E-state index is 11.2. The number of nitrogens with zero attached hydrogens (tertiary/aromatic N) is 2. The quantitative estimate of drug-likeness (QED) is 0.906. The van der Waals surface area contributed by atoms with E-state index in [2.05, 4.69) is 5.10 Å². The summed E-state index contributed by atoms with van der Waals surface area (Å²) < 4.78 is 6.98. The van der Waals surface area contributed by atoms with Crippen molar-refractivity contribution in [2.24, 2.45) is 0 Å². The molecule has 0 aliphatic heterocycles. The highest BCUT2D eigenvalue weighted by Gasteiger charge is 2.29. The highest BCUT2D eigenvalue weighted by Crippen LogP contribution is 2.34. The molecule has 2 N–H and O–H groups in total. The molecule has 22 heavy (non-hydrogen) atoms. The molecule has 2 rings (SSSR count). The van der Waals surface area contributed by atoms with E-state index in [0.717, 1.165) is 0 Å². The molecule has 1 aromatic carbocycles. The van der Waals surface area contributed by atoms with Crippen LogP contribution >= 0.6 is 0 Å². The van der Waals surface area contributed by atoms with Crippen LogP contribution in [-0.2, 0) is 16.6 Å². The molecule has 118 valence electrons. The SMILES string of the molecule is COc1c(CC(=O)O)c(C(C)(C)C)nn1-c1ccc(O)cc1. The third-order valence-corrected chi connectivity index (χ3v) is 3.26. The Morgan fingerprint density at radius 1 is 1.27 bits per heavy atom. The van der Waals surface area contributed by atoms with Crippen LogP contribution in [0.2, 0.25) is 0 Å². The van der Waals surface area contributed by atoms with E-state index in [9.17, 15) is 9.90 Å². The summed E-state index contributed by atoms with van der Waals surface area (Å²) >= 11 is 0. The molecule has 1 heterocycles. The average Bonchev–Trinajstić information content (AvgIpc) is 2.77. The zero-order chi connectivity index (χ0) is 16.5. The summed E-state index contributed by atoms with van der Waals surface area (Å²) in [7, 11) is 1.49. The molecule has 0 radical (unpaired) electrons. The van der Waals surface area contributed by atoms with Crippen molar-refractivity contribution in [3.8, 4) is 17.3 Å². The Morgan fingerprint density at radius 3 is 2.32 bits per heavy atom. The van der Waals surface area contributed by atoms with Crippen molar-refractivity contribution in [3.05, 3.63) is 35.5 Å². The van der Waals surface area contributed by atoms with E-state index in [1.54, 1.807) is 28.9 Å². The number of phenolic OH excluding ortho intramolecular Hbond substituents is 1. The van der Waals surface area contributed by atoms with E-state index in [0.29, 0.717) is 22.8 Å². The first-order valence-corrected chi connectivity index (χ1v) is 6.91. The predicted molar refractivity (Wildman–Crippen MR) is 81.8 cm³/mol. The number of benzene rings is 1. The van der Waals surface area contributed by atoms with Gasteiger partial charge < -0.3 is 14.9 Å². The van der Waals surface area contributed by atoms with Crippen molar-refractivity contribution in [3.63, 3.8) is 0 Å². The topological polar surface area (TPSA) is 84.6 Å². The summed E-state index contributed by atoms with van der Waals surface area (Å²) in [6.07, 6.45) is -0.159. The lowest BCUT2D eigenvalue weighted by molar-refractivity contribution is -0.136. The summed E-state index contributed by atoms with van der Waals surface area (Å²) in [4.78, 5) is 11.2. The lowest BCUT2D eigenvalue weighted by atomic mass is 9.88. The second kappa shape index (κ2) is 5.71. The number of phenols is 1. The molecule has 0 fully saturated rings. The maximum Gasteiger partial charge on any atom is 0.308 e. The van der Waals surface area contributed by atoms with E-state index in [1.807, 2.05) is 20.8 Å². The Morgan fingerprint density at radius 2 is 1.86 bits per heavy atom. The third-order valence-electron chi connectivity index (χ3n) is 3.26. The number of ether oxygens (including phenoxy) is 1. The fourth-order valence-corrected chi connectivity index (χ4v) is 2.33. The molecular weight excluding hydrogens is 284 g/mol. The van der Waals surface area contributed by atoms with Crippen molar-refractivity contribution in [2.45, 2.75) is 32.6 Å². The van der Waals surface area contributed by atoms with Gasteiger partial charge in [0.2, 0.25) is 5.88 Å². The van der Waals surface area contributed by atoms with Crippen molar-refractivity contribution < 1.29 is 19.7 Å². The monoisotopic (exact) mass is 304 g/mol. The average molecular weight is 304 g/mol. The number of rotatable bonds is 4. The molecule has 0 bridgehead atoms. The van der Waals surface area contributed by atoms with Gasteiger partial charge in [-0.1, -0.05) is 20.8 Å². The van der Waals surface area contributed by atoms with Crippen LogP contribution in [0.4, 0.5) is 0 Å². The van der Waals surface area contributed by atoms with E-state index in [4.69, 9.17) is 9.84 Å². The van der Waals surface area contributed by atoms with Gasteiger partial charge in [-0.05, 0) is 24.3 Å². The van der Waals surface area contributed by atoms with Crippen LogP contribution in [0.3, 0.4) is 0 Å². The van der Waals surface area contributed by atoms with Crippen LogP contribution in [-0.4, -0.2) is 33.1 Å². The predicted octanol–water partition coefficient (Wildman–Crippen LogP) is 2.51. The number of carbonyl (C=O) groups is 1. The Labute approximate surface area is 129 Å². The second-order valence-electron chi connectivity index (χ2n) is 6.09. The largest absolute Gasteiger partial charge is 0.508 e. The van der Waals surface area contributed by atoms with Gasteiger partial charge in [0.15, 0.2) is 0 Å². The number of carboxylic acid groups (broad SMARTS) is 1. The van der Waals surface area contributed by atoms with Crippen molar-refractivity contribution in [1.29, 1.82) is 0 Å². The van der Waals surface area contributed by atoms with Gasteiger partial charge in [0.1, 0.15) is 5.75 Å². The summed E-state index contributed by atoms with van der Waals surface area (Å²) in [6.45, 7) is 5.92. The minimum Gasteiger partial charge on any atom is -0.508 e. The van der Waals surface area contributed by atoms with Crippen LogP contribution in [0, 0.1) is 0 Å². The molecule has 6 heteroatoms. The lowest BCUT2D eigenvalue weighted by Crippen LogP contribution is -2.16. The summed E-state index contributed by atoms with van der Waals surface area (Å²) in [5.41, 5.74) is 1.62. The zero-order valence-corrected chi connectivity index (χ0v) is 13.1. The van der Waals surface area contributed by atoms with Crippen LogP contribution in [0.15, 0.2) is 24.3 Å². The number of hydrogen-bond donors (Lipinski definition) is 2. The normalized spacial score (nSPS) is 11.5. The minimum absolute atomic E-state index is 0.150. The summed E-state index contributed by atoms with van der Waals surface area (Å²) in [5, 5.41) is 23.1. The molecule has 6 nitrogen and oxygen atoms in total. The molecule has 0 saturated carbocycles. The van der Waals surface area contributed by atoms with Crippen LogP contribution in [0.5, 0.6) is 11.6 Å². The molecule has 0 amide bonds. The van der Waals surface area contributed by atoms with E-state index in [1.165, 1.54) is 7.11 Å². The van der Waals surface area contributed by atoms with Gasteiger partial charge in [0.25, 0.3) is 0 Å². The molecule has 0 spiro atoms. The molecular formula is C16H20N2O4. The van der Waals surface area contributed by atoms with Crippen LogP contribution in [0.25, 0.3) is 5.69 Å². The Hall–Kier alpha value is -2.50. The van der Waals surface area contributed by atoms with Crippen molar-refractivity contribution >= 4 is 5.97 Å². The number of carboxylic acids is 1. The number of aromatic hydroxyl groups is 1. The van der Waals surface area contributed by atoms with Gasteiger partial charge in [0.05, 0.1) is 24.9 Å². The molecule has 0 aliphatic rings. The van der Waals surface area contributed by atoms with Gasteiger partial charge in [-0.25, -0.2) is 4.68 Å². The fraction of sp³-hybridized carbons (Fsp3) is 0.375. The van der Waals surface area contributed by atoms with Crippen LogP contribution in [0.1, 0.15) is 32.0 Å². The van der Waals surface area contributed by atoms with Gasteiger partial charge in [-0.2, -0.15) is 5.10 Å². The molecule has 0 saturated heterocycles. The van der Waals surface area contributed by atoms with Crippen molar-refractivity contribution in [2.75, 3.05) is 7.11 Å². The second-order valence-corrected chi connectivity index (χ2v) is 6.09. The number of aromatic nitrogens is 2. The van der Waals surface area contributed by atoms with E-state index in [-0.39, 0.29) is 17.6 Å². The van der Waals surface area contributed by atoms with Crippen LogP contribution < -0.4 is 4.74 Å². The highest BCUT2D eigenvalue weighted by atomic mass is 16.5. The number of aliphatic carboxylic acids is 1. The maximum absolute atomic E-state index is 11.2. The standard InChI is InChI=1S/C16H20N2O4/c1-16(2,3)14-12(9-13(20)21)15(22-4)18(17-14)10-5-7-11(19)8-6-10/h5-8,19H,9H2,1-4H3,(H,20,21). The first-order valence-electron chi connectivity index (χ1n) is 6.91. The molecule has 0 unspecified atom stereocenters. The smallest absolute Gasteiger partial charge is 0.308 e. The molecule has 0 aliphatic carbocycles. The first kappa shape index (κ1) is 15.9. The Bertz CT molecular complexity index is 681. The van der Waals surface area contributed by atoms with Gasteiger partial charge in [-0.3, -0.25) is 4.79 Å². The number of hydrogen-bond acceptors (Lipinski definition) is 4. The Kier molecular flexibility index (Phi) is 4.12. The minimum atomic E-state index is -0.936. The molecule has 0 atom stereocenters. The fourth-order valence-electron chi connectivity index (χ4n) is 2.33. The van der Waals surface area contributed by atoms with Gasteiger partial charge in [0, 0.05) is 11.0 Å². The molecule has 1 aromatic heterocycles. The van der Waals surface area contributed by atoms with Crippen molar-refractivity contribution in [1.82, 2.24) is 9.78 Å². The van der Waals surface area contributed by atoms with Gasteiger partial charge >= 0.3 is 5.97 Å². The molecule has 2 aromatic rings. The third kappa shape index (κ3) is 3.05.